The molecule has 1 fully saturated rings. The van der Waals surface area contributed by atoms with Crippen LogP contribution in [-0.4, -0.2) is 50.8 Å². The molecule has 170 valence electrons. The average molecular weight is 447 g/mol. The zero-order valence-corrected chi connectivity index (χ0v) is 17.6. The van der Waals surface area contributed by atoms with E-state index in [1.54, 1.807) is 40.8 Å². The lowest BCUT2D eigenvalue weighted by molar-refractivity contribution is -0.140. The highest BCUT2D eigenvalue weighted by Crippen LogP contribution is 2.35. The van der Waals surface area contributed by atoms with Crippen LogP contribution in [0.25, 0.3) is 11.4 Å². The molecule has 0 aliphatic carbocycles. The lowest BCUT2D eigenvalue weighted by Crippen LogP contribution is -2.49. The summed E-state index contributed by atoms with van der Waals surface area (Å²) >= 11 is 0. The van der Waals surface area contributed by atoms with Crippen LogP contribution >= 0.6 is 0 Å². The number of alkyl halides is 3. The summed E-state index contributed by atoms with van der Waals surface area (Å²) in [6.45, 7) is 2.47. The fourth-order valence-electron chi connectivity index (χ4n) is 4.01. The summed E-state index contributed by atoms with van der Waals surface area (Å²) in [4.78, 5) is 17.9. The first-order valence-electron chi connectivity index (χ1n) is 10.4. The molecular weight excluding hydrogens is 423 g/mol. The first kappa shape index (κ1) is 22.1. The number of carbonyl (C=O) groups excluding carboxylic acids is 1. The molecule has 3 aliphatic heterocycles. The van der Waals surface area contributed by atoms with E-state index in [4.69, 9.17) is 4.74 Å². The molecule has 0 unspecified atom stereocenters. The van der Waals surface area contributed by atoms with Crippen molar-refractivity contribution in [2.45, 2.75) is 38.1 Å². The van der Waals surface area contributed by atoms with Crippen LogP contribution < -0.4 is 4.74 Å². The Morgan fingerprint density at radius 2 is 1.88 bits per heavy atom. The minimum absolute atomic E-state index is 0.0899. The molecule has 4 rings (SSSR count). The van der Waals surface area contributed by atoms with Gasteiger partial charge in [0.1, 0.15) is 17.3 Å². The van der Waals surface area contributed by atoms with E-state index < -0.39 is 17.5 Å². The standard InChI is InChI=1S/C23H24F3N3O3/c1-16-11-17-12-19(23(24,25)26)27-21(17)29(13-16)15-22(31)7-9-28(10-8-22)20(30)14-32-18-5-3-2-4-6-18/h2-6,11-13,31H,7-10,14-15H2,1H3. The molecule has 0 spiro atoms. The SMILES string of the molecule is Cc1cc2cc(C(F)(F)F)nc-2n(CC2(O)CCN(C(=O)COc3ccccc3)CC2)c1. The van der Waals surface area contributed by atoms with Crippen molar-refractivity contribution in [3.05, 3.63) is 59.9 Å². The van der Waals surface area contributed by atoms with E-state index in [1.807, 2.05) is 18.2 Å². The summed E-state index contributed by atoms with van der Waals surface area (Å²) in [7, 11) is 0. The first-order chi connectivity index (χ1) is 15.1. The second kappa shape index (κ2) is 8.46. The number of aliphatic hydroxyl groups is 1. The second-order valence-corrected chi connectivity index (χ2v) is 8.27. The number of amides is 1. The van der Waals surface area contributed by atoms with Crippen LogP contribution in [0, 0.1) is 6.92 Å². The van der Waals surface area contributed by atoms with Crippen LogP contribution in [-0.2, 0) is 17.5 Å². The van der Waals surface area contributed by atoms with Crippen LogP contribution in [0.1, 0.15) is 24.1 Å². The number of aryl methyl sites for hydroxylation is 1. The fourth-order valence-corrected chi connectivity index (χ4v) is 4.01. The molecule has 1 aromatic carbocycles. The number of carbonyl (C=O) groups is 1. The van der Waals surface area contributed by atoms with Gasteiger partial charge in [0.25, 0.3) is 5.91 Å². The predicted octanol–water partition coefficient (Wildman–Crippen LogP) is 3.75. The topological polar surface area (TPSA) is 67.6 Å². The predicted molar refractivity (Wildman–Crippen MR) is 111 cm³/mol. The minimum atomic E-state index is -4.53. The van der Waals surface area contributed by atoms with Crippen molar-refractivity contribution in [1.29, 1.82) is 0 Å². The second-order valence-electron chi connectivity index (χ2n) is 8.27. The number of benzene rings is 1. The van der Waals surface area contributed by atoms with Gasteiger partial charge < -0.3 is 19.3 Å². The largest absolute Gasteiger partial charge is 0.484 e. The molecule has 0 radical (unpaired) electrons. The molecule has 0 atom stereocenters. The minimum Gasteiger partial charge on any atom is -0.484 e. The molecule has 3 heterocycles. The fraction of sp³-hybridized carbons (Fsp3) is 0.391. The van der Waals surface area contributed by atoms with Crippen LogP contribution in [0.5, 0.6) is 5.75 Å². The van der Waals surface area contributed by atoms with Gasteiger partial charge in [-0.15, -0.1) is 0 Å². The number of hydrogen-bond acceptors (Lipinski definition) is 4. The number of aromatic nitrogens is 2. The van der Waals surface area contributed by atoms with E-state index in [1.165, 1.54) is 0 Å². The molecule has 3 aliphatic rings. The molecule has 0 saturated carbocycles. The van der Waals surface area contributed by atoms with Gasteiger partial charge in [-0.3, -0.25) is 4.79 Å². The number of likely N-dealkylation sites (tertiary alicyclic amines) is 1. The van der Waals surface area contributed by atoms with Gasteiger partial charge in [-0.05, 0) is 49.6 Å². The quantitative estimate of drug-likeness (QED) is 0.647. The van der Waals surface area contributed by atoms with Crippen molar-refractivity contribution in [2.24, 2.45) is 0 Å². The zero-order valence-electron chi connectivity index (χ0n) is 17.6. The van der Waals surface area contributed by atoms with Crippen molar-refractivity contribution in [1.82, 2.24) is 14.5 Å². The number of ether oxygens (including phenoxy) is 1. The number of nitrogens with zero attached hydrogens (tertiary/aromatic N) is 3. The highest BCUT2D eigenvalue weighted by atomic mass is 19.4. The maximum Gasteiger partial charge on any atom is 0.433 e. The van der Waals surface area contributed by atoms with E-state index in [-0.39, 0.29) is 24.9 Å². The van der Waals surface area contributed by atoms with Gasteiger partial charge in [0.15, 0.2) is 6.61 Å². The Kier molecular flexibility index (Phi) is 5.85. The first-order valence-corrected chi connectivity index (χ1v) is 10.4. The van der Waals surface area contributed by atoms with Gasteiger partial charge in [0.2, 0.25) is 0 Å². The number of para-hydroxylation sites is 1. The highest BCUT2D eigenvalue weighted by Gasteiger charge is 2.37. The molecular formula is C23H24F3N3O3. The van der Waals surface area contributed by atoms with Crippen molar-refractivity contribution in [3.8, 4) is 17.1 Å². The molecule has 32 heavy (non-hydrogen) atoms. The third kappa shape index (κ3) is 4.88. The molecule has 1 amide bonds. The van der Waals surface area contributed by atoms with Crippen LogP contribution in [0.4, 0.5) is 13.2 Å². The summed E-state index contributed by atoms with van der Waals surface area (Å²) in [5.41, 5.74) is -0.947. The molecule has 6 nitrogen and oxygen atoms in total. The molecule has 1 aromatic rings. The Morgan fingerprint density at radius 3 is 2.53 bits per heavy atom. The van der Waals surface area contributed by atoms with Crippen molar-refractivity contribution >= 4 is 5.91 Å². The third-order valence-corrected chi connectivity index (χ3v) is 5.70. The van der Waals surface area contributed by atoms with E-state index in [9.17, 15) is 23.1 Å². The average Bonchev–Trinajstić information content (AvgIpc) is 3.18. The number of rotatable bonds is 5. The van der Waals surface area contributed by atoms with Gasteiger partial charge >= 0.3 is 6.18 Å². The monoisotopic (exact) mass is 447 g/mol. The van der Waals surface area contributed by atoms with Gasteiger partial charge in [-0.2, -0.15) is 13.2 Å². The molecule has 9 heteroatoms. The van der Waals surface area contributed by atoms with E-state index in [0.29, 0.717) is 37.2 Å². The Hall–Kier alpha value is -3.07. The summed E-state index contributed by atoms with van der Waals surface area (Å²) < 4.78 is 46.4. The number of piperidine rings is 1. The van der Waals surface area contributed by atoms with Gasteiger partial charge in [-0.1, -0.05) is 18.2 Å². The van der Waals surface area contributed by atoms with Gasteiger partial charge in [0.05, 0.1) is 12.1 Å². The number of halogens is 3. The highest BCUT2D eigenvalue weighted by molar-refractivity contribution is 5.77. The van der Waals surface area contributed by atoms with Crippen molar-refractivity contribution < 1.29 is 27.8 Å². The molecule has 0 bridgehead atoms. The number of hydrogen-bond donors (Lipinski definition) is 1. The van der Waals surface area contributed by atoms with E-state index in [2.05, 4.69) is 4.98 Å². The molecule has 1 N–H and O–H groups in total. The lowest BCUT2D eigenvalue weighted by atomic mass is 9.91. The van der Waals surface area contributed by atoms with E-state index in [0.717, 1.165) is 11.6 Å². The van der Waals surface area contributed by atoms with Gasteiger partial charge in [0, 0.05) is 24.8 Å². The van der Waals surface area contributed by atoms with Crippen LogP contribution in [0.2, 0.25) is 0 Å². The Labute approximate surface area is 183 Å². The summed E-state index contributed by atoms with van der Waals surface area (Å²) in [6, 6.07) is 11.7. The molecule has 1 saturated heterocycles. The van der Waals surface area contributed by atoms with Crippen LogP contribution in [0.15, 0.2) is 48.7 Å². The van der Waals surface area contributed by atoms with Crippen LogP contribution in [0.3, 0.4) is 0 Å². The lowest BCUT2D eigenvalue weighted by Gasteiger charge is -2.39. The third-order valence-electron chi connectivity index (χ3n) is 5.70. The summed E-state index contributed by atoms with van der Waals surface area (Å²) in [6.07, 6.45) is -2.23. The number of fused-ring (bicyclic) bond motifs is 1. The van der Waals surface area contributed by atoms with Crippen molar-refractivity contribution in [3.63, 3.8) is 0 Å². The summed E-state index contributed by atoms with van der Waals surface area (Å²) in [5.74, 6) is 0.620. The Bertz CT molecular complexity index is 1060. The normalized spacial score (nSPS) is 16.3. The Balaban J connectivity index is 1.41. The van der Waals surface area contributed by atoms with E-state index >= 15 is 0 Å². The maximum absolute atomic E-state index is 13.1. The Morgan fingerprint density at radius 1 is 1.19 bits per heavy atom. The van der Waals surface area contributed by atoms with Gasteiger partial charge in [-0.25, -0.2) is 4.98 Å². The number of pyridine rings is 1. The maximum atomic E-state index is 13.1. The smallest absolute Gasteiger partial charge is 0.433 e. The van der Waals surface area contributed by atoms with Crippen molar-refractivity contribution in [2.75, 3.05) is 19.7 Å². The summed E-state index contributed by atoms with van der Waals surface area (Å²) in [5, 5.41) is 11.1. The molecule has 0 aromatic heterocycles. The zero-order chi connectivity index (χ0) is 22.9.